The lowest BCUT2D eigenvalue weighted by Crippen LogP contribution is -2.59. The van der Waals surface area contributed by atoms with E-state index in [1.165, 1.54) is 13.0 Å². The summed E-state index contributed by atoms with van der Waals surface area (Å²) in [6.45, 7) is 13.5. The topological polar surface area (TPSA) is 257 Å². The second kappa shape index (κ2) is 27.1. The van der Waals surface area contributed by atoms with Crippen molar-refractivity contribution in [3.05, 3.63) is 108 Å². The van der Waals surface area contributed by atoms with Crippen LogP contribution >= 0.6 is 0 Å². The molecule has 378 valence electrons. The SMILES string of the molecule is C=CCOC(=O)NCCCC[C@H](NC(=O)[C@H](C)NC(=O)OCC1c2ccccc2-c2ccccc21)C(=O)N[C@@H](CCC(=O)OC(C)(C)C)C(=O)N[C@@H](Cc1ccccc1)C(=O)N[C@H](C(=O)O)[C@@H](C)CC. The Bertz CT molecular complexity index is 2250. The van der Waals surface area contributed by atoms with E-state index in [0.717, 1.165) is 22.3 Å². The molecule has 18 heteroatoms. The standard InChI is InChI=1S/C52H68N6O12/c1-8-29-68-50(66)53-28-18-17-25-40(55-45(60)33(4)54-51(67)69-31-39-37-23-15-13-21-35(37)36-22-14-16-24-38(36)39)46(61)56-41(26-27-43(59)70-52(5,6)7)47(62)57-42(30-34-19-11-10-12-20-34)48(63)58-44(49(64)65)32(3)9-2/h8,10-16,19-24,32-33,39-42,44H,1,9,17-18,25-31H2,2-7H3,(H,53,66)(H,54,67)(H,55,60)(H,56,61)(H,57,62)(H,58,63)(H,64,65)/t32-,33-,40-,41-,42-,44-/m0/s1. The van der Waals surface area contributed by atoms with E-state index in [9.17, 15) is 43.5 Å². The summed E-state index contributed by atoms with van der Waals surface area (Å²) in [4.78, 5) is 107. The van der Waals surface area contributed by atoms with Crippen LogP contribution in [0.5, 0.6) is 0 Å². The van der Waals surface area contributed by atoms with Gasteiger partial charge in [0, 0.05) is 25.3 Å². The van der Waals surface area contributed by atoms with Gasteiger partial charge in [-0.25, -0.2) is 14.4 Å². The third kappa shape index (κ3) is 17.4. The number of carbonyl (C=O) groups excluding carboxylic acids is 7. The number of rotatable bonds is 26. The van der Waals surface area contributed by atoms with Gasteiger partial charge < -0.3 is 51.2 Å². The van der Waals surface area contributed by atoms with Crippen LogP contribution in [0.4, 0.5) is 9.59 Å². The van der Waals surface area contributed by atoms with E-state index in [2.05, 4.69) is 38.5 Å². The fraction of sp³-hybridized carbons (Fsp3) is 0.462. The lowest BCUT2D eigenvalue weighted by Gasteiger charge is -2.28. The first-order valence-electron chi connectivity index (χ1n) is 23.6. The second-order valence-corrected chi connectivity index (χ2v) is 18.2. The molecule has 6 amide bonds. The van der Waals surface area contributed by atoms with E-state index in [4.69, 9.17) is 14.2 Å². The number of ether oxygens (including phenoxy) is 3. The first-order chi connectivity index (χ1) is 33.3. The van der Waals surface area contributed by atoms with Gasteiger partial charge in [-0.05, 0) is 87.1 Å². The summed E-state index contributed by atoms with van der Waals surface area (Å²) in [6, 6.07) is 17.8. The molecule has 3 aromatic carbocycles. The molecule has 4 rings (SSSR count). The van der Waals surface area contributed by atoms with Gasteiger partial charge in [0.05, 0.1) is 0 Å². The number of fused-ring (bicyclic) bond motifs is 3. The highest BCUT2D eigenvalue weighted by Gasteiger charge is 2.35. The van der Waals surface area contributed by atoms with Gasteiger partial charge in [0.1, 0.15) is 49.0 Å². The number of unbranched alkanes of at least 4 members (excludes halogenated alkanes) is 1. The molecule has 1 aliphatic carbocycles. The first kappa shape index (κ1) is 55.4. The van der Waals surface area contributed by atoms with Gasteiger partial charge in [-0.3, -0.25) is 24.0 Å². The van der Waals surface area contributed by atoms with Crippen molar-refractivity contribution in [3.63, 3.8) is 0 Å². The molecular formula is C52H68N6O12. The lowest BCUT2D eigenvalue weighted by atomic mass is 9.98. The molecule has 0 aromatic heterocycles. The minimum Gasteiger partial charge on any atom is -0.480 e. The number of aliphatic carboxylic acids is 1. The van der Waals surface area contributed by atoms with Crippen LogP contribution in [0.2, 0.25) is 0 Å². The molecule has 1 aliphatic rings. The van der Waals surface area contributed by atoms with Gasteiger partial charge in [0.2, 0.25) is 23.6 Å². The van der Waals surface area contributed by atoms with Crippen molar-refractivity contribution >= 4 is 47.8 Å². The predicted molar refractivity (Wildman–Crippen MR) is 261 cm³/mol. The van der Waals surface area contributed by atoms with Crippen LogP contribution < -0.4 is 31.9 Å². The molecule has 0 bridgehead atoms. The molecule has 0 radical (unpaired) electrons. The van der Waals surface area contributed by atoms with Crippen LogP contribution in [0, 0.1) is 5.92 Å². The van der Waals surface area contributed by atoms with Gasteiger partial charge in [0.25, 0.3) is 0 Å². The third-order valence-electron chi connectivity index (χ3n) is 11.6. The molecule has 0 saturated heterocycles. The minimum atomic E-state index is -1.48. The molecule has 70 heavy (non-hydrogen) atoms. The largest absolute Gasteiger partial charge is 0.480 e. The molecule has 0 saturated carbocycles. The Hall–Kier alpha value is -7.24. The highest BCUT2D eigenvalue weighted by molar-refractivity contribution is 5.96. The van der Waals surface area contributed by atoms with E-state index in [0.29, 0.717) is 18.4 Å². The van der Waals surface area contributed by atoms with Gasteiger partial charge >= 0.3 is 24.1 Å². The fourth-order valence-corrected chi connectivity index (χ4v) is 7.76. The molecule has 0 spiro atoms. The van der Waals surface area contributed by atoms with Crippen molar-refractivity contribution < 1.29 is 57.7 Å². The summed E-state index contributed by atoms with van der Waals surface area (Å²) >= 11 is 0. The maximum Gasteiger partial charge on any atom is 0.407 e. The Kier molecular flexibility index (Phi) is 21.4. The van der Waals surface area contributed by atoms with Crippen LogP contribution in [-0.4, -0.2) is 108 Å². The Labute approximate surface area is 409 Å². The van der Waals surface area contributed by atoms with Crippen molar-refractivity contribution in [2.45, 2.75) is 128 Å². The molecule has 0 heterocycles. The van der Waals surface area contributed by atoms with Crippen molar-refractivity contribution in [3.8, 4) is 11.1 Å². The highest BCUT2D eigenvalue weighted by atomic mass is 16.6. The van der Waals surface area contributed by atoms with E-state index < -0.39 is 89.5 Å². The van der Waals surface area contributed by atoms with Crippen molar-refractivity contribution in [1.29, 1.82) is 0 Å². The molecule has 3 aromatic rings. The van der Waals surface area contributed by atoms with Gasteiger partial charge in [-0.15, -0.1) is 0 Å². The maximum atomic E-state index is 14.3. The van der Waals surface area contributed by atoms with Crippen molar-refractivity contribution in [2.75, 3.05) is 19.8 Å². The number of esters is 1. The molecule has 0 unspecified atom stereocenters. The number of amides is 6. The van der Waals surface area contributed by atoms with E-state index in [1.807, 2.05) is 48.5 Å². The monoisotopic (exact) mass is 968 g/mol. The zero-order valence-corrected chi connectivity index (χ0v) is 40.8. The molecular weight excluding hydrogens is 901 g/mol. The Morgan fingerprint density at radius 2 is 1.24 bits per heavy atom. The Morgan fingerprint density at radius 3 is 1.83 bits per heavy atom. The minimum absolute atomic E-state index is 0.00360. The quantitative estimate of drug-likeness (QED) is 0.0230. The fourth-order valence-electron chi connectivity index (χ4n) is 7.76. The summed E-state index contributed by atoms with van der Waals surface area (Å²) in [5.41, 5.74) is 3.86. The van der Waals surface area contributed by atoms with E-state index in [1.54, 1.807) is 65.0 Å². The number of hydrogen-bond donors (Lipinski definition) is 7. The molecule has 18 nitrogen and oxygen atoms in total. The zero-order valence-electron chi connectivity index (χ0n) is 40.8. The Morgan fingerprint density at radius 1 is 0.686 bits per heavy atom. The highest BCUT2D eigenvalue weighted by Crippen LogP contribution is 2.44. The van der Waals surface area contributed by atoms with Crippen LogP contribution in [0.1, 0.15) is 103 Å². The number of carbonyl (C=O) groups is 8. The Balaban J connectivity index is 1.54. The van der Waals surface area contributed by atoms with Gasteiger partial charge in [0.15, 0.2) is 0 Å². The number of benzene rings is 3. The number of carboxylic acids is 1. The number of hydrogen-bond acceptors (Lipinski definition) is 11. The number of nitrogens with one attached hydrogen (secondary N) is 6. The van der Waals surface area contributed by atoms with Crippen molar-refractivity contribution in [2.24, 2.45) is 5.92 Å². The lowest BCUT2D eigenvalue weighted by molar-refractivity contribution is -0.155. The van der Waals surface area contributed by atoms with E-state index in [-0.39, 0.29) is 57.8 Å². The smallest absolute Gasteiger partial charge is 0.407 e. The summed E-state index contributed by atoms with van der Waals surface area (Å²) in [7, 11) is 0. The summed E-state index contributed by atoms with van der Waals surface area (Å²) in [6.07, 6.45) is 0.208. The van der Waals surface area contributed by atoms with Gasteiger partial charge in [-0.1, -0.05) is 112 Å². The zero-order chi connectivity index (χ0) is 51.4. The average Bonchev–Trinajstić information content (AvgIpc) is 3.64. The summed E-state index contributed by atoms with van der Waals surface area (Å²) < 4.78 is 16.1. The third-order valence-corrected chi connectivity index (χ3v) is 11.6. The van der Waals surface area contributed by atoms with Crippen molar-refractivity contribution in [1.82, 2.24) is 31.9 Å². The van der Waals surface area contributed by atoms with Crippen LogP contribution in [0.25, 0.3) is 11.1 Å². The van der Waals surface area contributed by atoms with Crippen LogP contribution in [0.3, 0.4) is 0 Å². The molecule has 0 aliphatic heterocycles. The summed E-state index contributed by atoms with van der Waals surface area (Å²) in [5.74, 6) is -5.88. The average molecular weight is 969 g/mol. The number of carboxylic acid groups (broad SMARTS) is 1. The maximum absolute atomic E-state index is 14.3. The molecule has 0 fully saturated rings. The first-order valence-corrected chi connectivity index (χ1v) is 23.6. The van der Waals surface area contributed by atoms with E-state index >= 15 is 0 Å². The molecule has 7 N–H and O–H groups in total. The van der Waals surface area contributed by atoms with Crippen LogP contribution in [0.15, 0.2) is 91.5 Å². The predicted octanol–water partition coefficient (Wildman–Crippen LogP) is 5.43. The number of alkyl carbamates (subject to hydrolysis) is 2. The second-order valence-electron chi connectivity index (χ2n) is 18.2. The summed E-state index contributed by atoms with van der Waals surface area (Å²) in [5, 5.41) is 25.6. The van der Waals surface area contributed by atoms with Gasteiger partial charge in [-0.2, -0.15) is 0 Å². The normalized spacial score (nSPS) is 14.3. The van der Waals surface area contributed by atoms with Crippen LogP contribution in [-0.2, 0) is 49.4 Å². The molecule has 6 atom stereocenters.